The van der Waals surface area contributed by atoms with Crippen LogP contribution in [0.15, 0.2) is 6.33 Å². The highest BCUT2D eigenvalue weighted by molar-refractivity contribution is 5.81. The lowest BCUT2D eigenvalue weighted by atomic mass is 10.5. The van der Waals surface area contributed by atoms with Crippen molar-refractivity contribution >= 4 is 11.9 Å². The second-order valence-electron chi connectivity index (χ2n) is 3.06. The molecule has 8 heteroatoms. The lowest BCUT2D eigenvalue weighted by Crippen LogP contribution is -2.35. The maximum atomic E-state index is 11.6. The number of carbonyl (C=O) groups is 2. The van der Waals surface area contributed by atoms with Crippen LogP contribution in [0.5, 0.6) is 0 Å². The SMILES string of the molecule is CCOC(=O)CN(C)C(=O)Cn1cnnn1. The molecular weight excluding hydrogens is 214 g/mol. The number of likely N-dealkylation sites (N-methyl/N-ethyl adjacent to an activating group) is 1. The molecule has 1 heterocycles. The Bertz CT molecular complexity index is 351. The van der Waals surface area contributed by atoms with Crippen LogP contribution in [0.1, 0.15) is 6.92 Å². The maximum absolute atomic E-state index is 11.6. The molecule has 0 atom stereocenters. The Morgan fingerprint density at radius 1 is 1.50 bits per heavy atom. The number of amides is 1. The van der Waals surface area contributed by atoms with Crippen LogP contribution in [0.2, 0.25) is 0 Å². The van der Waals surface area contributed by atoms with Gasteiger partial charge in [-0.05, 0) is 17.4 Å². The van der Waals surface area contributed by atoms with Crippen molar-refractivity contribution in [2.45, 2.75) is 13.5 Å². The first-order valence-electron chi connectivity index (χ1n) is 4.73. The third-order valence-electron chi connectivity index (χ3n) is 1.79. The van der Waals surface area contributed by atoms with Gasteiger partial charge in [-0.2, -0.15) is 0 Å². The van der Waals surface area contributed by atoms with E-state index in [1.165, 1.54) is 23.0 Å². The molecular formula is C8H13N5O3. The summed E-state index contributed by atoms with van der Waals surface area (Å²) in [6.45, 7) is 1.94. The molecule has 0 unspecified atom stereocenters. The van der Waals surface area contributed by atoms with E-state index in [4.69, 9.17) is 4.74 Å². The van der Waals surface area contributed by atoms with Crippen LogP contribution in [0.3, 0.4) is 0 Å². The smallest absolute Gasteiger partial charge is 0.325 e. The van der Waals surface area contributed by atoms with Gasteiger partial charge in [-0.1, -0.05) is 0 Å². The van der Waals surface area contributed by atoms with Gasteiger partial charge < -0.3 is 9.64 Å². The van der Waals surface area contributed by atoms with Gasteiger partial charge in [0.05, 0.1) is 6.61 Å². The Kier molecular flexibility index (Phi) is 4.37. The summed E-state index contributed by atoms with van der Waals surface area (Å²) < 4.78 is 6.00. The number of tetrazole rings is 1. The van der Waals surface area contributed by atoms with Crippen LogP contribution >= 0.6 is 0 Å². The first-order valence-corrected chi connectivity index (χ1v) is 4.73. The van der Waals surface area contributed by atoms with Gasteiger partial charge in [-0.15, -0.1) is 5.10 Å². The number of rotatable bonds is 5. The minimum Gasteiger partial charge on any atom is -0.465 e. The average molecular weight is 227 g/mol. The summed E-state index contributed by atoms with van der Waals surface area (Å²) in [6, 6.07) is 0. The first-order chi connectivity index (χ1) is 7.63. The van der Waals surface area contributed by atoms with Crippen molar-refractivity contribution in [1.29, 1.82) is 0 Å². The van der Waals surface area contributed by atoms with Crippen molar-refractivity contribution in [1.82, 2.24) is 25.1 Å². The Labute approximate surface area is 92.2 Å². The summed E-state index contributed by atoms with van der Waals surface area (Å²) in [4.78, 5) is 23.9. The van der Waals surface area contributed by atoms with Gasteiger partial charge in [0.25, 0.3) is 0 Å². The highest BCUT2D eigenvalue weighted by Gasteiger charge is 2.14. The number of hydrogen-bond acceptors (Lipinski definition) is 6. The van der Waals surface area contributed by atoms with Crippen LogP contribution < -0.4 is 0 Å². The van der Waals surface area contributed by atoms with E-state index in [1.807, 2.05) is 0 Å². The topological polar surface area (TPSA) is 90.2 Å². The van der Waals surface area contributed by atoms with E-state index in [2.05, 4.69) is 15.5 Å². The van der Waals surface area contributed by atoms with E-state index in [0.717, 1.165) is 0 Å². The predicted octanol–water partition coefficient (Wildman–Crippen LogP) is -1.31. The lowest BCUT2D eigenvalue weighted by Gasteiger charge is -2.15. The standard InChI is InChI=1S/C8H13N5O3/c1-3-16-8(15)5-12(2)7(14)4-13-6-9-10-11-13/h6H,3-5H2,1-2H3. The Balaban J connectivity index is 2.39. The Hall–Kier alpha value is -1.99. The monoisotopic (exact) mass is 227 g/mol. The molecule has 16 heavy (non-hydrogen) atoms. The van der Waals surface area contributed by atoms with Crippen LogP contribution in [-0.4, -0.2) is 57.2 Å². The zero-order chi connectivity index (χ0) is 12.0. The summed E-state index contributed by atoms with van der Waals surface area (Å²) in [5, 5.41) is 10.3. The number of aromatic nitrogens is 4. The van der Waals surface area contributed by atoms with Gasteiger partial charge in [0.2, 0.25) is 5.91 Å². The van der Waals surface area contributed by atoms with Gasteiger partial charge in [0.15, 0.2) is 0 Å². The molecule has 0 saturated heterocycles. The molecule has 0 radical (unpaired) electrons. The molecule has 8 nitrogen and oxygen atoms in total. The van der Waals surface area contributed by atoms with E-state index >= 15 is 0 Å². The molecule has 1 amide bonds. The maximum Gasteiger partial charge on any atom is 0.325 e. The fourth-order valence-electron chi connectivity index (χ4n) is 1.00. The van der Waals surface area contributed by atoms with E-state index in [1.54, 1.807) is 6.92 Å². The third-order valence-corrected chi connectivity index (χ3v) is 1.79. The van der Waals surface area contributed by atoms with E-state index in [-0.39, 0.29) is 19.0 Å². The van der Waals surface area contributed by atoms with E-state index in [0.29, 0.717) is 6.61 Å². The fourth-order valence-corrected chi connectivity index (χ4v) is 1.00. The number of ether oxygens (including phenoxy) is 1. The molecule has 88 valence electrons. The molecule has 1 aromatic heterocycles. The van der Waals surface area contributed by atoms with Crippen molar-refractivity contribution in [2.24, 2.45) is 0 Å². The van der Waals surface area contributed by atoms with Crippen molar-refractivity contribution < 1.29 is 14.3 Å². The summed E-state index contributed by atoms with van der Waals surface area (Å²) in [5.74, 6) is -0.699. The fraction of sp³-hybridized carbons (Fsp3) is 0.625. The molecule has 0 bridgehead atoms. The van der Waals surface area contributed by atoms with Gasteiger partial charge in [-0.25, -0.2) is 4.68 Å². The predicted molar refractivity (Wildman–Crippen MR) is 52.1 cm³/mol. The van der Waals surface area contributed by atoms with Crippen molar-refractivity contribution in [3.05, 3.63) is 6.33 Å². The molecule has 0 aliphatic carbocycles. The Morgan fingerprint density at radius 3 is 2.81 bits per heavy atom. The van der Waals surface area contributed by atoms with Gasteiger partial charge in [-0.3, -0.25) is 9.59 Å². The number of hydrogen-bond donors (Lipinski definition) is 0. The molecule has 0 fully saturated rings. The minimum absolute atomic E-state index is 0.00288. The normalized spacial score (nSPS) is 9.88. The number of nitrogens with zero attached hydrogens (tertiary/aromatic N) is 5. The van der Waals surface area contributed by atoms with Gasteiger partial charge in [0, 0.05) is 7.05 Å². The zero-order valence-corrected chi connectivity index (χ0v) is 9.16. The molecule has 1 aromatic rings. The van der Waals surface area contributed by atoms with Crippen LogP contribution in [-0.2, 0) is 20.9 Å². The highest BCUT2D eigenvalue weighted by atomic mass is 16.5. The largest absolute Gasteiger partial charge is 0.465 e. The number of esters is 1. The summed E-state index contributed by atoms with van der Waals surface area (Å²) >= 11 is 0. The zero-order valence-electron chi connectivity index (χ0n) is 9.16. The quantitative estimate of drug-likeness (QED) is 0.580. The molecule has 0 N–H and O–H groups in total. The second kappa shape index (κ2) is 5.79. The first kappa shape index (κ1) is 12.1. The van der Waals surface area contributed by atoms with Crippen molar-refractivity contribution in [2.75, 3.05) is 20.2 Å². The minimum atomic E-state index is -0.435. The third kappa shape index (κ3) is 3.64. The van der Waals surface area contributed by atoms with Crippen molar-refractivity contribution in [3.63, 3.8) is 0 Å². The Morgan fingerprint density at radius 2 is 2.25 bits per heavy atom. The van der Waals surface area contributed by atoms with Gasteiger partial charge in [0.1, 0.15) is 19.4 Å². The van der Waals surface area contributed by atoms with Crippen molar-refractivity contribution in [3.8, 4) is 0 Å². The van der Waals surface area contributed by atoms with Crippen LogP contribution in [0.25, 0.3) is 0 Å². The highest BCUT2D eigenvalue weighted by Crippen LogP contribution is 1.90. The van der Waals surface area contributed by atoms with Gasteiger partial charge >= 0.3 is 5.97 Å². The second-order valence-corrected chi connectivity index (χ2v) is 3.06. The van der Waals surface area contributed by atoms with Crippen LogP contribution in [0.4, 0.5) is 0 Å². The van der Waals surface area contributed by atoms with E-state index < -0.39 is 5.97 Å². The summed E-state index contributed by atoms with van der Waals surface area (Å²) in [7, 11) is 1.52. The van der Waals surface area contributed by atoms with Crippen LogP contribution in [0, 0.1) is 0 Å². The molecule has 0 aliphatic rings. The summed E-state index contributed by atoms with van der Waals surface area (Å²) in [6.07, 6.45) is 1.33. The number of carbonyl (C=O) groups excluding carboxylic acids is 2. The molecule has 0 aliphatic heterocycles. The lowest BCUT2D eigenvalue weighted by molar-refractivity contribution is -0.148. The molecule has 0 aromatic carbocycles. The van der Waals surface area contributed by atoms with E-state index in [9.17, 15) is 9.59 Å². The molecule has 0 spiro atoms. The molecule has 1 rings (SSSR count). The summed E-state index contributed by atoms with van der Waals surface area (Å²) in [5.41, 5.74) is 0. The average Bonchev–Trinajstić information content (AvgIpc) is 2.70. The molecule has 0 saturated carbocycles.